The molecule has 0 saturated heterocycles. The number of nitrogens with zero attached hydrogens (tertiary/aromatic N) is 2. The van der Waals surface area contributed by atoms with Crippen molar-refractivity contribution in [2.45, 2.75) is 0 Å². The van der Waals surface area contributed by atoms with Crippen molar-refractivity contribution in [2.75, 3.05) is 7.05 Å². The highest BCUT2D eigenvalue weighted by Gasteiger charge is 2.16. The Morgan fingerprint density at radius 1 is 1.08 bits per heavy atom. The topological polar surface area (TPSA) is 70.0 Å². The largest absolute Gasteiger partial charge is 0.478 e. The lowest BCUT2D eigenvalue weighted by Gasteiger charge is -2.11. The zero-order valence-electron chi connectivity index (χ0n) is 12.3. The number of amides is 1. The average molecular weight is 336 g/mol. The van der Waals surface area contributed by atoms with E-state index in [2.05, 4.69) is 5.10 Å². The van der Waals surface area contributed by atoms with Crippen LogP contribution in [0.15, 0.2) is 41.5 Å². The van der Waals surface area contributed by atoms with Crippen LogP contribution in [0.5, 0.6) is 0 Å². The first kappa shape index (κ1) is 17.2. The molecule has 0 saturated carbocycles. The Morgan fingerprint density at radius 2 is 1.67 bits per heavy atom. The van der Waals surface area contributed by atoms with Crippen LogP contribution in [0.3, 0.4) is 0 Å². The van der Waals surface area contributed by atoms with E-state index in [1.807, 2.05) is 0 Å². The molecule has 124 valence electrons. The van der Waals surface area contributed by atoms with Crippen molar-refractivity contribution in [2.24, 2.45) is 5.10 Å². The summed E-state index contributed by atoms with van der Waals surface area (Å²) in [5, 5.41) is 13.0. The van der Waals surface area contributed by atoms with Gasteiger partial charge in [-0.05, 0) is 24.3 Å². The molecule has 1 amide bonds. The van der Waals surface area contributed by atoms with Crippen LogP contribution in [-0.2, 0) is 0 Å². The summed E-state index contributed by atoms with van der Waals surface area (Å²) >= 11 is 0. The van der Waals surface area contributed by atoms with Gasteiger partial charge in [-0.25, -0.2) is 23.0 Å². The molecule has 0 radical (unpaired) electrons. The predicted octanol–water partition coefficient (Wildman–Crippen LogP) is 2.91. The zero-order chi connectivity index (χ0) is 17.9. The molecule has 0 aromatic heterocycles. The molecule has 0 heterocycles. The highest BCUT2D eigenvalue weighted by atomic mass is 19.1. The second-order valence-electron chi connectivity index (χ2n) is 4.71. The third kappa shape index (κ3) is 3.60. The van der Waals surface area contributed by atoms with Gasteiger partial charge in [-0.15, -0.1) is 0 Å². The predicted molar refractivity (Wildman–Crippen MR) is 79.4 cm³/mol. The lowest BCUT2D eigenvalue weighted by molar-refractivity contribution is 0.0695. The minimum absolute atomic E-state index is 0.251. The summed E-state index contributed by atoms with van der Waals surface area (Å²) in [4.78, 5) is 22.7. The second-order valence-corrected chi connectivity index (χ2v) is 4.71. The maximum atomic E-state index is 13.8. The fourth-order valence-corrected chi connectivity index (χ4v) is 1.84. The fourth-order valence-electron chi connectivity index (χ4n) is 1.84. The van der Waals surface area contributed by atoms with Gasteiger partial charge in [0, 0.05) is 7.05 Å². The maximum absolute atomic E-state index is 13.8. The maximum Gasteiger partial charge on any atom is 0.335 e. The summed E-state index contributed by atoms with van der Waals surface area (Å²) in [6.45, 7) is 0. The van der Waals surface area contributed by atoms with Gasteiger partial charge in [-0.1, -0.05) is 12.1 Å². The third-order valence-electron chi connectivity index (χ3n) is 3.08. The molecule has 0 aliphatic heterocycles. The van der Waals surface area contributed by atoms with Gasteiger partial charge in [0.15, 0.2) is 0 Å². The fraction of sp³-hybridized carbons (Fsp3) is 0.0625. The van der Waals surface area contributed by atoms with Gasteiger partial charge in [0.2, 0.25) is 0 Å². The number of carbonyl (C=O) groups is 2. The highest BCUT2D eigenvalue weighted by molar-refractivity contribution is 5.95. The van der Waals surface area contributed by atoms with E-state index in [4.69, 9.17) is 5.11 Å². The van der Waals surface area contributed by atoms with Crippen LogP contribution in [-0.4, -0.2) is 35.3 Å². The van der Waals surface area contributed by atoms with Gasteiger partial charge in [0.25, 0.3) is 5.91 Å². The van der Waals surface area contributed by atoms with E-state index in [0.717, 1.165) is 12.3 Å². The van der Waals surface area contributed by atoms with Gasteiger partial charge in [-0.2, -0.15) is 5.10 Å². The molecule has 0 aliphatic rings. The smallest absolute Gasteiger partial charge is 0.335 e. The second kappa shape index (κ2) is 6.95. The number of hydrazone groups is 1. The van der Waals surface area contributed by atoms with Crippen molar-refractivity contribution in [1.82, 2.24) is 5.01 Å². The zero-order valence-corrected chi connectivity index (χ0v) is 12.3. The summed E-state index contributed by atoms with van der Waals surface area (Å²) in [5.74, 6) is -5.35. The first-order chi connectivity index (χ1) is 11.3. The van der Waals surface area contributed by atoms with E-state index in [-0.39, 0.29) is 5.56 Å². The lowest BCUT2D eigenvalue weighted by atomic mass is 10.1. The van der Waals surface area contributed by atoms with Crippen LogP contribution in [0.25, 0.3) is 0 Å². The van der Waals surface area contributed by atoms with Crippen molar-refractivity contribution >= 4 is 18.1 Å². The normalized spacial score (nSPS) is 10.8. The summed E-state index contributed by atoms with van der Waals surface area (Å²) in [6.07, 6.45) is 0.717. The number of halogens is 3. The molecule has 5 nitrogen and oxygen atoms in total. The molecule has 0 fully saturated rings. The highest BCUT2D eigenvalue weighted by Crippen LogP contribution is 2.15. The number of carboxylic acids is 1. The minimum Gasteiger partial charge on any atom is -0.478 e. The molecule has 1 N–H and O–H groups in total. The molecule has 0 unspecified atom stereocenters. The molecule has 2 rings (SSSR count). The van der Waals surface area contributed by atoms with Gasteiger partial charge in [-0.3, -0.25) is 4.79 Å². The Bertz CT molecular complexity index is 814. The van der Waals surface area contributed by atoms with E-state index in [9.17, 15) is 22.8 Å². The summed E-state index contributed by atoms with van der Waals surface area (Å²) in [7, 11) is 1.19. The summed E-state index contributed by atoms with van der Waals surface area (Å²) < 4.78 is 41.0. The lowest BCUT2D eigenvalue weighted by Crippen LogP contribution is -2.22. The third-order valence-corrected chi connectivity index (χ3v) is 3.08. The molecule has 0 atom stereocenters. The molecule has 2 aromatic rings. The van der Waals surface area contributed by atoms with Crippen LogP contribution in [0, 0.1) is 17.5 Å². The molecule has 2 aromatic carbocycles. The van der Waals surface area contributed by atoms with E-state index in [1.54, 1.807) is 0 Å². The Hall–Kier alpha value is -3.16. The molecule has 8 heteroatoms. The van der Waals surface area contributed by atoms with Crippen LogP contribution in [0.1, 0.15) is 26.3 Å². The van der Waals surface area contributed by atoms with Gasteiger partial charge < -0.3 is 5.11 Å². The SMILES string of the molecule is CN(N=Cc1c(F)cc(C(=O)O)cc1F)C(=O)c1ccccc1F. The number of hydrogen-bond donors (Lipinski definition) is 1. The standard InChI is InChI=1S/C16H11F3N2O3/c1-21(15(22)10-4-2-3-5-12(10)17)20-8-11-13(18)6-9(16(23)24)7-14(11)19/h2-8H,1H3,(H,23,24). The first-order valence-corrected chi connectivity index (χ1v) is 6.60. The molecule has 0 aliphatic carbocycles. The van der Waals surface area contributed by atoms with Crippen molar-refractivity contribution < 1.29 is 27.9 Å². The molecule has 0 bridgehead atoms. The first-order valence-electron chi connectivity index (χ1n) is 6.60. The average Bonchev–Trinajstić information content (AvgIpc) is 2.53. The van der Waals surface area contributed by atoms with Crippen molar-refractivity contribution in [3.05, 3.63) is 70.5 Å². The summed E-state index contributed by atoms with van der Waals surface area (Å²) in [6, 6.07) is 6.46. The van der Waals surface area contributed by atoms with Crippen molar-refractivity contribution in [1.29, 1.82) is 0 Å². The van der Waals surface area contributed by atoms with E-state index >= 15 is 0 Å². The molecule has 24 heavy (non-hydrogen) atoms. The Labute approximate surface area is 134 Å². The number of carbonyl (C=O) groups excluding carboxylic acids is 1. The Morgan fingerprint density at radius 3 is 2.21 bits per heavy atom. The number of hydrogen-bond acceptors (Lipinski definition) is 3. The Kier molecular flexibility index (Phi) is 4.98. The van der Waals surface area contributed by atoms with E-state index < -0.39 is 40.5 Å². The molecular weight excluding hydrogens is 325 g/mol. The van der Waals surface area contributed by atoms with Crippen molar-refractivity contribution in [3.8, 4) is 0 Å². The number of benzene rings is 2. The quantitative estimate of drug-likeness (QED) is 0.689. The summed E-state index contributed by atoms with van der Waals surface area (Å²) in [5.41, 5.74) is -1.43. The number of rotatable bonds is 4. The molecular formula is C16H11F3N2O3. The van der Waals surface area contributed by atoms with Gasteiger partial charge in [0.1, 0.15) is 17.5 Å². The minimum atomic E-state index is -1.48. The van der Waals surface area contributed by atoms with E-state index in [0.29, 0.717) is 17.1 Å². The van der Waals surface area contributed by atoms with Crippen LogP contribution in [0.2, 0.25) is 0 Å². The van der Waals surface area contributed by atoms with Gasteiger partial charge >= 0.3 is 5.97 Å². The Balaban J connectivity index is 2.26. The monoisotopic (exact) mass is 336 g/mol. The number of carboxylic acid groups (broad SMARTS) is 1. The van der Waals surface area contributed by atoms with Crippen LogP contribution >= 0.6 is 0 Å². The van der Waals surface area contributed by atoms with E-state index in [1.165, 1.54) is 25.2 Å². The van der Waals surface area contributed by atoms with Gasteiger partial charge in [0.05, 0.1) is 22.9 Å². The molecule has 0 spiro atoms. The van der Waals surface area contributed by atoms with Crippen molar-refractivity contribution in [3.63, 3.8) is 0 Å². The van der Waals surface area contributed by atoms with Crippen LogP contribution < -0.4 is 0 Å². The number of aromatic carboxylic acids is 1. The van der Waals surface area contributed by atoms with Crippen LogP contribution in [0.4, 0.5) is 13.2 Å².